The van der Waals surface area contributed by atoms with Gasteiger partial charge >= 0.3 is 11.9 Å². The summed E-state index contributed by atoms with van der Waals surface area (Å²) in [7, 11) is 2.41. The second kappa shape index (κ2) is 41.4. The first-order chi connectivity index (χ1) is 53.3. The van der Waals surface area contributed by atoms with Gasteiger partial charge in [0.15, 0.2) is 22.9 Å². The molecule has 0 amide bonds. The van der Waals surface area contributed by atoms with Crippen molar-refractivity contribution >= 4 is 133 Å². The van der Waals surface area contributed by atoms with Crippen molar-refractivity contribution < 1.29 is 55.4 Å². The molecule has 0 fully saturated rings. The van der Waals surface area contributed by atoms with Crippen LogP contribution in [0.3, 0.4) is 0 Å². The lowest BCUT2D eigenvalue weighted by molar-refractivity contribution is -0.141. The number of nitrogen functional groups attached to an aromatic ring is 4. The molecule has 566 valence electrons. The summed E-state index contributed by atoms with van der Waals surface area (Å²) >= 11 is 27.6. The number of fused-ring (bicyclic) bond motifs is 2. The fourth-order valence-electron chi connectivity index (χ4n) is 9.68. The van der Waals surface area contributed by atoms with Crippen molar-refractivity contribution in [3.8, 4) is 5.95 Å². The Morgan fingerprint density at radius 1 is 0.459 bits per heavy atom. The third-order valence-corrected chi connectivity index (χ3v) is 16.1. The van der Waals surface area contributed by atoms with Crippen LogP contribution in [0.2, 0.25) is 20.7 Å². The molecule has 111 heavy (non-hydrogen) atoms. The number of carbonyl (C=O) groups excluding carboxylic acids is 5. The molecule has 0 saturated heterocycles. The van der Waals surface area contributed by atoms with Gasteiger partial charge in [-0.3, -0.25) is 29.1 Å². The first kappa shape index (κ1) is 83.7. The number of esters is 2. The van der Waals surface area contributed by atoms with Crippen molar-refractivity contribution in [2.24, 2.45) is 0 Å². The topological polar surface area (TPSA) is 396 Å². The predicted molar refractivity (Wildman–Crippen MR) is 407 cm³/mol. The number of pyridine rings is 5. The Hall–Kier alpha value is -12.9. The molecule has 0 radical (unpaired) electrons. The average molecular weight is 1610 g/mol. The predicted octanol–water partition coefficient (Wildman–Crippen LogP) is 13.8. The lowest BCUT2D eigenvalue weighted by Gasteiger charge is -2.15. The van der Waals surface area contributed by atoms with Gasteiger partial charge in [-0.2, -0.15) is 44.8 Å². The van der Waals surface area contributed by atoms with Crippen LogP contribution in [0.5, 0.6) is 0 Å². The second-order valence-electron chi connectivity index (χ2n) is 22.2. The first-order valence-electron chi connectivity index (χ1n) is 32.1. The van der Waals surface area contributed by atoms with Crippen LogP contribution in [-0.4, -0.2) is 118 Å². The number of H-pyrrole nitrogens is 1. The van der Waals surface area contributed by atoms with Gasteiger partial charge in [0.1, 0.15) is 50.5 Å². The number of anilines is 4. The van der Waals surface area contributed by atoms with E-state index in [0.29, 0.717) is 57.6 Å². The SMILES string of the molecule is COC(=O)C(C(=O)c1cccnc1Cl)c1ccccc1F.COC(=O)Cc1ccccc1F.Fc1ccccc1Cc1[nH]nc2ncccc12.Nc1nc(N)nc(-n2nc(Cc3ccccc3F)c3cccnc32)n1.Nc1nc(N)nc(Cl)n1.O=C(Cc1ccccc1F)c1cccnc1Cl.O=C(Cl)c1cccnc1Cl. The second-order valence-corrected chi connectivity index (χ2v) is 24.0. The Labute approximate surface area is 652 Å². The van der Waals surface area contributed by atoms with E-state index in [0.717, 1.165) is 23.6 Å². The maximum Gasteiger partial charge on any atom is 0.321 e. The number of nitrogens with one attached hydrogen (secondary N) is 1. The molecule has 1 unspecified atom stereocenters. The van der Waals surface area contributed by atoms with E-state index in [2.05, 4.69) is 79.6 Å². The summed E-state index contributed by atoms with van der Waals surface area (Å²) in [5, 5.41) is 12.9. The number of rotatable bonds is 15. The Morgan fingerprint density at radius 3 is 1.37 bits per heavy atom. The minimum atomic E-state index is -1.42. The summed E-state index contributed by atoms with van der Waals surface area (Å²) in [6.07, 6.45) is 8.49. The molecule has 9 heterocycles. The van der Waals surface area contributed by atoms with Gasteiger partial charge in [0, 0.05) is 72.3 Å². The van der Waals surface area contributed by atoms with E-state index in [1.54, 1.807) is 103 Å². The number of halogens is 10. The van der Waals surface area contributed by atoms with Crippen molar-refractivity contribution in [1.82, 2.24) is 74.8 Å². The maximum absolute atomic E-state index is 14.0. The van der Waals surface area contributed by atoms with E-state index in [4.69, 9.17) is 80.9 Å². The summed E-state index contributed by atoms with van der Waals surface area (Å²) in [4.78, 5) is 99.6. The van der Waals surface area contributed by atoms with E-state index in [1.807, 2.05) is 24.3 Å². The van der Waals surface area contributed by atoms with E-state index < -0.39 is 34.7 Å². The highest BCUT2D eigenvalue weighted by atomic mass is 35.5. The summed E-state index contributed by atoms with van der Waals surface area (Å²) in [5.74, 6) is -5.32. The highest BCUT2D eigenvalue weighted by Crippen LogP contribution is 2.29. The zero-order valence-corrected chi connectivity index (χ0v) is 61.6. The number of hydrogen-bond donors (Lipinski definition) is 5. The monoisotopic (exact) mass is 1610 g/mol. The summed E-state index contributed by atoms with van der Waals surface area (Å²) in [5.41, 5.74) is 26.7. The lowest BCUT2D eigenvalue weighted by Crippen LogP contribution is -2.25. The Kier molecular flexibility index (Phi) is 31.2. The van der Waals surface area contributed by atoms with Gasteiger partial charge in [-0.15, -0.1) is 0 Å². The fourth-order valence-corrected chi connectivity index (χ4v) is 10.7. The number of ketones is 2. The number of methoxy groups -OCH3 is 2. The molecule has 0 bridgehead atoms. The van der Waals surface area contributed by atoms with E-state index >= 15 is 0 Å². The van der Waals surface area contributed by atoms with Crippen LogP contribution in [0.4, 0.5) is 45.7 Å². The van der Waals surface area contributed by atoms with Crippen molar-refractivity contribution in [2.45, 2.75) is 31.6 Å². The molecule has 1 atom stereocenters. The summed E-state index contributed by atoms with van der Waals surface area (Å²) in [6, 6.07) is 47.9. The van der Waals surface area contributed by atoms with Gasteiger partial charge in [0.05, 0.1) is 43.0 Å². The Morgan fingerprint density at radius 2 is 0.892 bits per heavy atom. The summed E-state index contributed by atoms with van der Waals surface area (Å²) in [6.45, 7) is 0. The molecule has 0 aliphatic rings. The van der Waals surface area contributed by atoms with E-state index in [9.17, 15) is 45.9 Å². The van der Waals surface area contributed by atoms with Gasteiger partial charge in [0.2, 0.25) is 29.1 Å². The Balaban J connectivity index is 0.000000167. The third-order valence-electron chi connectivity index (χ3n) is 14.9. The minimum absolute atomic E-state index is 0.0107. The van der Waals surface area contributed by atoms with Crippen LogP contribution in [0, 0.1) is 29.1 Å². The number of ether oxygens (including phenoxy) is 2. The molecule has 0 aliphatic heterocycles. The van der Waals surface area contributed by atoms with Crippen LogP contribution in [0.15, 0.2) is 213 Å². The number of nitrogens with two attached hydrogens (primary N) is 4. The normalized spacial score (nSPS) is 10.6. The lowest BCUT2D eigenvalue weighted by atomic mass is 9.91. The third kappa shape index (κ3) is 24.3. The first-order valence-corrected chi connectivity index (χ1v) is 33.9. The molecule has 5 aromatic carbocycles. The van der Waals surface area contributed by atoms with Gasteiger partial charge in [-0.05, 0) is 136 Å². The number of aromatic nitrogens is 15. The number of Topliss-reactive ketones (excluding diaryl/α,β-unsaturated/α-hetero) is 2. The molecule has 14 aromatic rings. The zero-order chi connectivity index (χ0) is 80.1. The molecule has 26 nitrogen and oxygen atoms in total. The van der Waals surface area contributed by atoms with Gasteiger partial charge in [-0.25, -0.2) is 46.9 Å². The van der Waals surface area contributed by atoms with Crippen LogP contribution in [0.25, 0.3) is 28.0 Å². The largest absolute Gasteiger partial charge is 0.469 e. The highest BCUT2D eigenvalue weighted by Gasteiger charge is 2.34. The van der Waals surface area contributed by atoms with Gasteiger partial charge in [0.25, 0.3) is 11.2 Å². The number of nitrogens with zero attached hydrogens (tertiary/aromatic N) is 14. The Bertz CT molecular complexity index is 5510. The zero-order valence-electron chi connectivity index (χ0n) is 57.8. The molecule has 9 aromatic heterocycles. The number of aromatic amines is 1. The van der Waals surface area contributed by atoms with Crippen LogP contribution in [0.1, 0.15) is 76.2 Å². The molecule has 0 aliphatic carbocycles. The molecule has 0 spiro atoms. The van der Waals surface area contributed by atoms with Crippen LogP contribution in [-0.2, 0) is 44.7 Å². The highest BCUT2D eigenvalue weighted by molar-refractivity contribution is 6.68. The quantitative estimate of drug-likeness (QED) is 0.0159. The molecule has 0 saturated carbocycles. The molecule has 14 rings (SSSR count). The molecular weight excluding hydrogens is 1550 g/mol. The molecule has 9 N–H and O–H groups in total. The number of hydrogen-bond acceptors (Lipinski definition) is 24. The van der Waals surface area contributed by atoms with Crippen molar-refractivity contribution in [1.29, 1.82) is 0 Å². The molecular formula is C75H59Cl5F5N19O7. The number of benzene rings is 5. The van der Waals surface area contributed by atoms with Crippen molar-refractivity contribution in [3.63, 3.8) is 0 Å². The van der Waals surface area contributed by atoms with E-state index in [1.165, 1.54) is 97.1 Å². The number of carbonyl (C=O) groups is 5. The van der Waals surface area contributed by atoms with Gasteiger partial charge in [-0.1, -0.05) is 126 Å². The van der Waals surface area contributed by atoms with Crippen LogP contribution < -0.4 is 22.9 Å². The fraction of sp³-hybridized carbons (Fsp3) is 0.0933. The maximum atomic E-state index is 14.0. The smallest absolute Gasteiger partial charge is 0.321 e. The standard InChI is InChI=1S/C16H13FN8.C15H11ClFNO3.C13H9ClFNO.C13H10FN3.C9H9FO2.C6H3Cl2NO.C3H4ClN5/c17-11-6-2-1-4-9(11)8-12-10-5-3-7-20-13(10)25(24-12)16-22-14(18)21-15(19)23-16;1-21-15(20)12(9-5-2-3-7-11(9)17)13(19)10-6-4-8-18-14(10)16;14-13-10(5-3-7-16-13)12(17)8-9-4-1-2-6-11(9)15;14-11-6-2-1-4-9(11)8-12-10-5-3-7-15-13(10)17-16-12;1-12-9(11)6-7-4-2-3-5-8(7)10;7-5-4(6(8)10)2-1-3-9-5;4-1-7-2(5)9-3(6)8-1/h1-7H,8H2,(H4,18,19,21,22,23);2-8,12H,1H3;1-7H,8H2;1-7H,8H2,(H,15,16,17);2-5H,6H2,1H3;1-3H;(H4,5,6,7,8,9). The molecule has 36 heteroatoms. The van der Waals surface area contributed by atoms with Crippen molar-refractivity contribution in [3.05, 3.63) is 319 Å². The average Bonchev–Trinajstić information content (AvgIpc) is 1.63. The van der Waals surface area contributed by atoms with E-state index in [-0.39, 0.29) is 109 Å². The minimum Gasteiger partial charge on any atom is -0.469 e. The van der Waals surface area contributed by atoms with Crippen LogP contribution >= 0.6 is 58.0 Å². The van der Waals surface area contributed by atoms with Crippen molar-refractivity contribution in [2.75, 3.05) is 37.2 Å². The van der Waals surface area contributed by atoms with Gasteiger partial charge < -0.3 is 32.4 Å². The summed E-state index contributed by atoms with van der Waals surface area (Å²) < 4.78 is 78.1.